The number of ether oxygens (including phenoxy) is 2. The number of rotatable bonds is 3. The van der Waals surface area contributed by atoms with E-state index in [4.69, 9.17) is 9.47 Å². The van der Waals surface area contributed by atoms with E-state index in [9.17, 15) is 18.8 Å². The molecule has 10 heteroatoms. The lowest BCUT2D eigenvalue weighted by atomic mass is 10.1. The zero-order chi connectivity index (χ0) is 30.9. The first-order chi connectivity index (χ1) is 21.4. The number of carbonyl (C=O) groups excluding carboxylic acids is 2. The van der Waals surface area contributed by atoms with Crippen molar-refractivity contribution in [3.8, 4) is 11.5 Å². The van der Waals surface area contributed by atoms with Crippen LogP contribution in [0.2, 0.25) is 0 Å². The minimum Gasteiger partial charge on any atom is -0.493 e. The van der Waals surface area contributed by atoms with E-state index in [1.54, 1.807) is 22.7 Å². The van der Waals surface area contributed by atoms with Crippen LogP contribution in [0.4, 0.5) is 4.39 Å². The Labute approximate surface area is 256 Å². The molecule has 1 N–H and O–H groups in total. The Morgan fingerprint density at radius 2 is 1.73 bits per heavy atom. The third kappa shape index (κ3) is 7.48. The molecule has 1 aromatic heterocycles. The summed E-state index contributed by atoms with van der Waals surface area (Å²) in [5.74, 6) is -1.28. The molecule has 2 amide bonds. The van der Waals surface area contributed by atoms with Crippen molar-refractivity contribution in [1.29, 1.82) is 0 Å². The minimum absolute atomic E-state index is 0.0110. The van der Waals surface area contributed by atoms with Gasteiger partial charge in [-0.15, -0.1) is 0 Å². The monoisotopic (exact) mass is 602 g/mol. The van der Waals surface area contributed by atoms with Gasteiger partial charge in [-0.05, 0) is 37.3 Å². The number of nitrogens with one attached hydrogen (secondary N) is 1. The quantitative estimate of drug-likeness (QED) is 0.417. The minimum atomic E-state index is -0.672. The van der Waals surface area contributed by atoms with Crippen molar-refractivity contribution in [3.63, 3.8) is 0 Å². The van der Waals surface area contributed by atoms with Crippen LogP contribution in [0.15, 0.2) is 71.7 Å². The van der Waals surface area contributed by atoms with Crippen LogP contribution in [-0.4, -0.2) is 48.3 Å². The summed E-state index contributed by atoms with van der Waals surface area (Å²) in [4.78, 5) is 42.4. The van der Waals surface area contributed by atoms with Crippen LogP contribution >= 0.6 is 0 Å². The fourth-order valence-electron chi connectivity index (χ4n) is 5.40. The van der Waals surface area contributed by atoms with Crippen LogP contribution in [0.5, 0.6) is 11.5 Å². The molecule has 0 saturated carbocycles. The van der Waals surface area contributed by atoms with Crippen molar-refractivity contribution in [2.45, 2.75) is 58.1 Å². The van der Waals surface area contributed by atoms with E-state index in [0.717, 1.165) is 44.1 Å². The van der Waals surface area contributed by atoms with Crippen LogP contribution in [0.3, 0.4) is 0 Å². The average molecular weight is 603 g/mol. The number of pyridine rings is 1. The first kappa shape index (κ1) is 30.8. The summed E-state index contributed by atoms with van der Waals surface area (Å²) in [6, 6.07) is 13.5. The number of aromatic nitrogens is 1. The number of carbonyl (C=O) groups is 2. The van der Waals surface area contributed by atoms with Gasteiger partial charge in [-0.1, -0.05) is 67.8 Å². The number of halogens is 1. The molecule has 2 aromatic carbocycles. The maximum atomic E-state index is 14.1. The van der Waals surface area contributed by atoms with Crippen LogP contribution in [0.25, 0.3) is 0 Å². The lowest BCUT2D eigenvalue weighted by molar-refractivity contribution is 0.0727. The van der Waals surface area contributed by atoms with Crippen LogP contribution < -0.4 is 25.2 Å². The molecule has 0 unspecified atom stereocenters. The van der Waals surface area contributed by atoms with Gasteiger partial charge in [0, 0.05) is 38.0 Å². The SMILES string of the molecule is CN1CN2CCCCCCC/C=C/CCOc3cc(F)ccc3CNC(=O)c3cn2c(c(OCc2ccccc2)c3=O)C1=O. The van der Waals surface area contributed by atoms with Gasteiger partial charge in [0.2, 0.25) is 5.43 Å². The Hall–Kier alpha value is -4.60. The smallest absolute Gasteiger partial charge is 0.277 e. The molecule has 0 radical (unpaired) electrons. The summed E-state index contributed by atoms with van der Waals surface area (Å²) >= 11 is 0. The number of hydrogen-bond acceptors (Lipinski definition) is 6. The lowest BCUT2D eigenvalue weighted by Crippen LogP contribution is -2.53. The molecular formula is C34H39FN4O5. The molecule has 0 atom stereocenters. The maximum Gasteiger partial charge on any atom is 0.277 e. The van der Waals surface area contributed by atoms with E-state index in [-0.39, 0.29) is 36.1 Å². The van der Waals surface area contributed by atoms with E-state index in [1.807, 2.05) is 35.3 Å². The predicted molar refractivity (Wildman–Crippen MR) is 166 cm³/mol. The standard InChI is InChI=1S/C34H39FN4O5/c1-37-24-38-18-12-7-5-3-2-4-6-8-13-19-43-29-20-27(35)17-16-26(29)21-36-33(41)28-22-39(38)30(34(37)42)32(31(28)40)44-23-25-14-10-9-11-15-25/h6,8-11,14-17,20,22H,2-5,7,12-13,18-19,21,23-24H2,1H3,(H,36,41)/b8-6+. The Kier molecular flexibility index (Phi) is 10.3. The van der Waals surface area contributed by atoms with E-state index >= 15 is 0 Å². The van der Waals surface area contributed by atoms with Gasteiger partial charge in [0.15, 0.2) is 11.4 Å². The second-order valence-corrected chi connectivity index (χ2v) is 11.1. The number of fused-ring (bicyclic) bond motifs is 2. The Bertz CT molecular complexity index is 1560. The molecule has 44 heavy (non-hydrogen) atoms. The highest BCUT2D eigenvalue weighted by Gasteiger charge is 2.33. The fourth-order valence-corrected chi connectivity index (χ4v) is 5.40. The Morgan fingerprint density at radius 1 is 0.955 bits per heavy atom. The summed E-state index contributed by atoms with van der Waals surface area (Å²) in [6.45, 7) is 1.36. The third-order valence-electron chi connectivity index (χ3n) is 7.81. The molecule has 2 aliphatic heterocycles. The second kappa shape index (κ2) is 14.7. The molecule has 2 aliphatic rings. The van der Waals surface area contributed by atoms with Crippen molar-refractivity contribution >= 4 is 11.8 Å². The largest absolute Gasteiger partial charge is 0.493 e. The van der Waals surface area contributed by atoms with Crippen molar-refractivity contribution in [2.24, 2.45) is 0 Å². The number of benzene rings is 2. The molecular weight excluding hydrogens is 563 g/mol. The van der Waals surface area contributed by atoms with Gasteiger partial charge < -0.3 is 19.7 Å². The van der Waals surface area contributed by atoms with Crippen molar-refractivity contribution in [2.75, 3.05) is 31.9 Å². The molecule has 9 nitrogen and oxygen atoms in total. The summed E-state index contributed by atoms with van der Waals surface area (Å²) in [5, 5.41) is 4.75. The van der Waals surface area contributed by atoms with Crippen LogP contribution in [0.1, 0.15) is 76.9 Å². The van der Waals surface area contributed by atoms with Gasteiger partial charge >= 0.3 is 0 Å². The second-order valence-electron chi connectivity index (χ2n) is 11.1. The maximum absolute atomic E-state index is 14.1. The van der Waals surface area contributed by atoms with Gasteiger partial charge in [0.25, 0.3) is 11.8 Å². The number of nitrogens with zero attached hydrogens (tertiary/aromatic N) is 3. The summed E-state index contributed by atoms with van der Waals surface area (Å²) < 4.78 is 27.6. The van der Waals surface area contributed by atoms with E-state index in [2.05, 4.69) is 17.5 Å². The van der Waals surface area contributed by atoms with Gasteiger partial charge in [-0.3, -0.25) is 24.1 Å². The van der Waals surface area contributed by atoms with E-state index < -0.39 is 17.2 Å². The first-order valence-corrected chi connectivity index (χ1v) is 15.2. The van der Waals surface area contributed by atoms with Crippen LogP contribution in [-0.2, 0) is 13.2 Å². The predicted octanol–water partition coefficient (Wildman–Crippen LogP) is 5.16. The fraction of sp³-hybridized carbons (Fsp3) is 0.382. The lowest BCUT2D eigenvalue weighted by Gasteiger charge is -2.38. The van der Waals surface area contributed by atoms with E-state index in [1.165, 1.54) is 18.3 Å². The average Bonchev–Trinajstić information content (AvgIpc) is 3.02. The third-order valence-corrected chi connectivity index (χ3v) is 7.81. The zero-order valence-corrected chi connectivity index (χ0v) is 25.1. The normalized spacial score (nSPS) is 17.5. The van der Waals surface area contributed by atoms with Crippen molar-refractivity contribution in [3.05, 3.63) is 105 Å². The molecule has 0 aliphatic carbocycles. The van der Waals surface area contributed by atoms with Gasteiger partial charge in [-0.2, -0.15) is 0 Å². The molecule has 3 aromatic rings. The molecule has 232 valence electrons. The Morgan fingerprint density at radius 3 is 2.57 bits per heavy atom. The van der Waals surface area contributed by atoms with E-state index in [0.29, 0.717) is 37.6 Å². The molecule has 0 spiro atoms. The topological polar surface area (TPSA) is 93.1 Å². The summed E-state index contributed by atoms with van der Waals surface area (Å²) in [6.07, 6.45) is 12.5. The number of hydrogen-bond donors (Lipinski definition) is 1. The first-order valence-electron chi connectivity index (χ1n) is 15.2. The molecule has 2 bridgehead atoms. The highest BCUT2D eigenvalue weighted by Crippen LogP contribution is 2.24. The molecule has 3 heterocycles. The van der Waals surface area contributed by atoms with Gasteiger partial charge in [0.1, 0.15) is 30.4 Å². The molecule has 5 rings (SSSR count). The van der Waals surface area contributed by atoms with Crippen molar-refractivity contribution in [1.82, 2.24) is 14.9 Å². The van der Waals surface area contributed by atoms with Crippen molar-refractivity contribution < 1.29 is 23.5 Å². The van der Waals surface area contributed by atoms with Crippen LogP contribution in [0, 0.1) is 5.82 Å². The Balaban J connectivity index is 1.51. The summed E-state index contributed by atoms with van der Waals surface area (Å²) in [5.41, 5.74) is 0.660. The highest BCUT2D eigenvalue weighted by atomic mass is 19.1. The number of allylic oxidation sites excluding steroid dienone is 1. The van der Waals surface area contributed by atoms with Gasteiger partial charge in [-0.25, -0.2) is 4.39 Å². The van der Waals surface area contributed by atoms with Gasteiger partial charge in [0.05, 0.1) is 6.61 Å². The molecule has 0 fully saturated rings. The zero-order valence-electron chi connectivity index (χ0n) is 25.1. The highest BCUT2D eigenvalue weighted by molar-refractivity contribution is 5.99. The molecule has 0 saturated heterocycles. The number of amides is 2. The summed E-state index contributed by atoms with van der Waals surface area (Å²) in [7, 11) is 1.69.